The summed E-state index contributed by atoms with van der Waals surface area (Å²) in [6, 6.07) is 8.87. The van der Waals surface area contributed by atoms with E-state index in [1.165, 1.54) is 11.8 Å². The predicted molar refractivity (Wildman–Crippen MR) is 82.6 cm³/mol. The van der Waals surface area contributed by atoms with E-state index >= 15 is 0 Å². The Morgan fingerprint density at radius 2 is 1.61 bits per heavy atom. The molecule has 0 aliphatic carbocycles. The van der Waals surface area contributed by atoms with Crippen LogP contribution in [0.4, 0.5) is 5.69 Å². The molecule has 1 rings (SSSR count). The number of ether oxygens (including phenoxy) is 2. The summed E-state index contributed by atoms with van der Waals surface area (Å²) >= 11 is 0. The molecule has 1 unspecified atom stereocenters. The van der Waals surface area contributed by atoms with Gasteiger partial charge in [-0.15, -0.1) is 0 Å². The zero-order valence-electron chi connectivity index (χ0n) is 13.6. The topological polar surface area (TPSA) is 93.1 Å². The molecule has 0 bridgehead atoms. The Kier molecular flexibility index (Phi) is 6.27. The van der Waals surface area contributed by atoms with Crippen molar-refractivity contribution in [2.75, 3.05) is 26.2 Å². The number of carbonyl (C=O) groups is 3. The van der Waals surface area contributed by atoms with Crippen LogP contribution in [0.1, 0.15) is 13.3 Å². The zero-order chi connectivity index (χ0) is 17.6. The van der Waals surface area contributed by atoms with Crippen LogP contribution in [0.3, 0.4) is 0 Å². The van der Waals surface area contributed by atoms with Gasteiger partial charge < -0.3 is 19.5 Å². The molecule has 7 nitrogen and oxygen atoms in total. The molecule has 0 heterocycles. The van der Waals surface area contributed by atoms with Crippen molar-refractivity contribution in [3.8, 4) is 0 Å². The molecule has 1 N–H and O–H groups in total. The predicted octanol–water partition coefficient (Wildman–Crippen LogP) is 0.753. The molecular formula is C16H21NO6. The first-order chi connectivity index (χ1) is 10.8. The first kappa shape index (κ1) is 18.6. The van der Waals surface area contributed by atoms with Gasteiger partial charge in [0.15, 0.2) is 0 Å². The van der Waals surface area contributed by atoms with Crippen LogP contribution in [0, 0.1) is 5.92 Å². The smallest absolute Gasteiger partial charge is 0.350 e. The summed E-state index contributed by atoms with van der Waals surface area (Å²) < 4.78 is 8.94. The Bertz CT molecular complexity index is 555. The van der Waals surface area contributed by atoms with E-state index in [0.29, 0.717) is 5.69 Å². The molecule has 1 aromatic carbocycles. The second-order valence-corrected chi connectivity index (χ2v) is 5.14. The first-order valence-electron chi connectivity index (χ1n) is 6.99. The highest BCUT2D eigenvalue weighted by atomic mass is 16.6. The maximum Gasteiger partial charge on any atom is 0.350 e. The van der Waals surface area contributed by atoms with E-state index in [1.54, 1.807) is 31.3 Å². The van der Waals surface area contributed by atoms with Crippen molar-refractivity contribution in [2.45, 2.75) is 18.9 Å². The molecule has 1 amide bonds. The van der Waals surface area contributed by atoms with Gasteiger partial charge in [-0.3, -0.25) is 4.79 Å². The molecule has 0 aromatic heterocycles. The highest BCUT2D eigenvalue weighted by molar-refractivity contribution is 6.04. The van der Waals surface area contributed by atoms with E-state index < -0.39 is 23.5 Å². The van der Waals surface area contributed by atoms with Crippen LogP contribution < -0.4 is 4.90 Å². The quantitative estimate of drug-likeness (QED) is 0.613. The number of aliphatic hydroxyl groups is 1. The van der Waals surface area contributed by atoms with Crippen LogP contribution in [0.2, 0.25) is 0 Å². The van der Waals surface area contributed by atoms with E-state index in [2.05, 4.69) is 9.47 Å². The van der Waals surface area contributed by atoms with Crippen LogP contribution in [0.15, 0.2) is 30.3 Å². The number of nitrogens with zero attached hydrogens (tertiary/aromatic N) is 1. The Hall–Kier alpha value is -2.41. The zero-order valence-corrected chi connectivity index (χ0v) is 13.6. The summed E-state index contributed by atoms with van der Waals surface area (Å²) in [5, 5.41) is 10.4. The third kappa shape index (κ3) is 3.87. The number of methoxy groups -OCH3 is 2. The number of esters is 2. The molecule has 0 saturated carbocycles. The number of anilines is 1. The lowest BCUT2D eigenvalue weighted by atomic mass is 9.85. The molecule has 126 valence electrons. The SMILES string of the molecule is COC(=O)C(O)(C(=O)OC)C(C)CC(=O)N(C)c1ccccc1. The van der Waals surface area contributed by atoms with Crippen LogP contribution in [-0.4, -0.2) is 49.8 Å². The van der Waals surface area contributed by atoms with Gasteiger partial charge in [0.05, 0.1) is 14.2 Å². The van der Waals surface area contributed by atoms with Gasteiger partial charge in [0.25, 0.3) is 5.60 Å². The average molecular weight is 323 g/mol. The van der Waals surface area contributed by atoms with Gasteiger partial charge in [-0.1, -0.05) is 25.1 Å². The molecule has 1 aromatic rings. The Balaban J connectivity index is 2.94. The average Bonchev–Trinajstić information content (AvgIpc) is 2.59. The minimum atomic E-state index is -2.53. The standard InChI is InChI=1S/C16H21NO6/c1-11(16(21,14(19)22-3)15(20)23-4)10-13(18)17(2)12-8-6-5-7-9-12/h5-9,11,21H,10H2,1-4H3. The Morgan fingerprint density at radius 1 is 1.13 bits per heavy atom. The summed E-state index contributed by atoms with van der Waals surface area (Å²) in [5.41, 5.74) is -1.87. The number of hydrogen-bond donors (Lipinski definition) is 1. The lowest BCUT2D eigenvalue weighted by molar-refractivity contribution is -0.186. The number of para-hydroxylation sites is 1. The Labute approximate surface area is 134 Å². The van der Waals surface area contributed by atoms with Gasteiger partial charge in [0.1, 0.15) is 0 Å². The van der Waals surface area contributed by atoms with E-state index in [9.17, 15) is 19.5 Å². The van der Waals surface area contributed by atoms with Crippen LogP contribution in [-0.2, 0) is 23.9 Å². The second-order valence-electron chi connectivity index (χ2n) is 5.14. The van der Waals surface area contributed by atoms with Crippen molar-refractivity contribution in [1.29, 1.82) is 0 Å². The molecule has 0 aliphatic rings. The molecule has 1 atom stereocenters. The molecule has 0 spiro atoms. The summed E-state index contributed by atoms with van der Waals surface area (Å²) in [6.07, 6.45) is -0.244. The number of rotatable bonds is 6. The summed E-state index contributed by atoms with van der Waals surface area (Å²) in [5.74, 6) is -3.71. The van der Waals surface area contributed by atoms with Crippen molar-refractivity contribution in [3.63, 3.8) is 0 Å². The molecular weight excluding hydrogens is 302 g/mol. The molecule has 0 saturated heterocycles. The van der Waals surface area contributed by atoms with Crippen LogP contribution >= 0.6 is 0 Å². The van der Waals surface area contributed by atoms with E-state index in [4.69, 9.17) is 0 Å². The fraction of sp³-hybridized carbons (Fsp3) is 0.438. The van der Waals surface area contributed by atoms with Crippen LogP contribution in [0.25, 0.3) is 0 Å². The van der Waals surface area contributed by atoms with E-state index in [1.807, 2.05) is 6.07 Å². The third-order valence-corrected chi connectivity index (χ3v) is 3.70. The van der Waals surface area contributed by atoms with Crippen molar-refractivity contribution >= 4 is 23.5 Å². The monoisotopic (exact) mass is 323 g/mol. The maximum absolute atomic E-state index is 12.3. The van der Waals surface area contributed by atoms with Gasteiger partial charge in [0.2, 0.25) is 5.91 Å². The second kappa shape index (κ2) is 7.73. The fourth-order valence-corrected chi connectivity index (χ4v) is 2.14. The number of amides is 1. The molecule has 0 fully saturated rings. The molecule has 0 radical (unpaired) electrons. The molecule has 7 heteroatoms. The lowest BCUT2D eigenvalue weighted by Crippen LogP contribution is -2.54. The molecule has 0 aliphatic heterocycles. The van der Waals surface area contributed by atoms with Gasteiger partial charge in [-0.2, -0.15) is 0 Å². The Morgan fingerprint density at radius 3 is 2.04 bits per heavy atom. The van der Waals surface area contributed by atoms with Crippen molar-refractivity contribution in [3.05, 3.63) is 30.3 Å². The first-order valence-corrected chi connectivity index (χ1v) is 6.99. The fourth-order valence-electron chi connectivity index (χ4n) is 2.14. The minimum Gasteiger partial charge on any atom is -0.466 e. The van der Waals surface area contributed by atoms with Gasteiger partial charge in [0, 0.05) is 25.1 Å². The largest absolute Gasteiger partial charge is 0.466 e. The number of carbonyl (C=O) groups excluding carboxylic acids is 3. The number of benzene rings is 1. The van der Waals surface area contributed by atoms with Crippen molar-refractivity contribution in [2.24, 2.45) is 5.92 Å². The highest BCUT2D eigenvalue weighted by Gasteiger charge is 2.52. The third-order valence-electron chi connectivity index (χ3n) is 3.70. The summed E-state index contributed by atoms with van der Waals surface area (Å²) in [7, 11) is 3.65. The summed E-state index contributed by atoms with van der Waals surface area (Å²) in [6.45, 7) is 1.41. The molecule has 23 heavy (non-hydrogen) atoms. The normalized spacial score (nSPS) is 12.2. The highest BCUT2D eigenvalue weighted by Crippen LogP contribution is 2.25. The minimum absolute atomic E-state index is 0.244. The van der Waals surface area contributed by atoms with Gasteiger partial charge in [-0.05, 0) is 12.1 Å². The van der Waals surface area contributed by atoms with E-state index in [0.717, 1.165) is 14.2 Å². The van der Waals surface area contributed by atoms with Crippen molar-refractivity contribution in [1.82, 2.24) is 0 Å². The van der Waals surface area contributed by atoms with Crippen LogP contribution in [0.5, 0.6) is 0 Å². The van der Waals surface area contributed by atoms with Gasteiger partial charge in [-0.25, -0.2) is 9.59 Å². The lowest BCUT2D eigenvalue weighted by Gasteiger charge is -2.29. The van der Waals surface area contributed by atoms with Crippen molar-refractivity contribution < 1.29 is 29.0 Å². The maximum atomic E-state index is 12.3. The number of hydrogen-bond acceptors (Lipinski definition) is 6. The van der Waals surface area contributed by atoms with E-state index in [-0.39, 0.29) is 12.3 Å². The summed E-state index contributed by atoms with van der Waals surface area (Å²) in [4.78, 5) is 37.3. The van der Waals surface area contributed by atoms with Gasteiger partial charge >= 0.3 is 11.9 Å².